The second kappa shape index (κ2) is 7.23. The standard InChI is InChI=1S/C11H20O3.Ag/c1-6-9(14-5)8(12)7-10(13)11(2,3)4;/h7,9,12H,6H2,1-5H3;/b8-7-;. The Hall–Kier alpha value is -0.0897. The summed E-state index contributed by atoms with van der Waals surface area (Å²) in [6, 6.07) is 0. The largest absolute Gasteiger partial charge is 0.509 e. The van der Waals surface area contributed by atoms with Gasteiger partial charge in [0.1, 0.15) is 11.9 Å². The molecule has 1 N–H and O–H groups in total. The number of ether oxygens (including phenoxy) is 1. The summed E-state index contributed by atoms with van der Waals surface area (Å²) < 4.78 is 5.00. The molecule has 0 spiro atoms. The van der Waals surface area contributed by atoms with Crippen LogP contribution in [0, 0.1) is 5.41 Å². The van der Waals surface area contributed by atoms with Gasteiger partial charge in [0.05, 0.1) is 0 Å². The van der Waals surface area contributed by atoms with Gasteiger partial charge in [-0.3, -0.25) is 4.79 Å². The van der Waals surface area contributed by atoms with E-state index in [9.17, 15) is 9.90 Å². The van der Waals surface area contributed by atoms with Gasteiger partial charge >= 0.3 is 0 Å². The van der Waals surface area contributed by atoms with E-state index >= 15 is 0 Å². The molecule has 0 aromatic rings. The summed E-state index contributed by atoms with van der Waals surface area (Å²) in [7, 11) is 1.51. The topological polar surface area (TPSA) is 46.5 Å². The average molecular weight is 308 g/mol. The number of aliphatic hydroxyl groups is 1. The van der Waals surface area contributed by atoms with E-state index in [-0.39, 0.29) is 40.0 Å². The Labute approximate surface area is 107 Å². The van der Waals surface area contributed by atoms with Crippen LogP contribution in [0.2, 0.25) is 0 Å². The third-order valence-electron chi connectivity index (χ3n) is 2.00. The van der Waals surface area contributed by atoms with E-state index in [0.717, 1.165) is 0 Å². The molecule has 15 heavy (non-hydrogen) atoms. The van der Waals surface area contributed by atoms with Gasteiger partial charge in [-0.1, -0.05) is 27.7 Å². The number of methoxy groups -OCH3 is 1. The van der Waals surface area contributed by atoms with E-state index in [2.05, 4.69) is 0 Å². The summed E-state index contributed by atoms with van der Waals surface area (Å²) in [5.74, 6) is -0.0829. The van der Waals surface area contributed by atoms with E-state index < -0.39 is 5.41 Å². The average Bonchev–Trinajstić information content (AvgIpc) is 2.04. The van der Waals surface area contributed by atoms with E-state index in [1.807, 2.05) is 27.7 Å². The van der Waals surface area contributed by atoms with Crippen LogP contribution in [0.4, 0.5) is 0 Å². The van der Waals surface area contributed by atoms with Gasteiger partial charge in [0.2, 0.25) is 0 Å². The maximum Gasteiger partial charge on any atom is 0.164 e. The number of ketones is 1. The maximum atomic E-state index is 11.5. The quantitative estimate of drug-likeness (QED) is 0.493. The van der Waals surface area contributed by atoms with Gasteiger partial charge in [0.15, 0.2) is 5.78 Å². The summed E-state index contributed by atoms with van der Waals surface area (Å²) in [6.45, 7) is 7.33. The van der Waals surface area contributed by atoms with Gasteiger partial charge in [-0.15, -0.1) is 0 Å². The molecular weight excluding hydrogens is 288 g/mol. The SMILES string of the molecule is CCC(OC)/C(O)=C/C(=O)C(C)(C)C.[Ag]. The molecule has 0 fully saturated rings. The van der Waals surface area contributed by atoms with E-state index in [0.29, 0.717) is 6.42 Å². The Balaban J connectivity index is 0. The number of allylic oxidation sites excluding steroid dienone is 1. The molecule has 1 unspecified atom stereocenters. The summed E-state index contributed by atoms with van der Waals surface area (Å²) in [5.41, 5.74) is -0.458. The zero-order valence-corrected chi connectivity index (χ0v) is 11.4. The van der Waals surface area contributed by atoms with Crippen LogP contribution in [-0.4, -0.2) is 24.1 Å². The second-order valence-electron chi connectivity index (χ2n) is 4.32. The van der Waals surface area contributed by atoms with Crippen molar-refractivity contribution in [2.45, 2.75) is 40.2 Å². The fourth-order valence-corrected chi connectivity index (χ4v) is 0.940. The van der Waals surface area contributed by atoms with E-state index in [1.54, 1.807) is 0 Å². The fourth-order valence-electron chi connectivity index (χ4n) is 0.940. The normalized spacial score (nSPS) is 14.3. The van der Waals surface area contributed by atoms with Crippen LogP contribution < -0.4 is 0 Å². The number of carbonyl (C=O) groups is 1. The van der Waals surface area contributed by atoms with Crippen LogP contribution in [0.1, 0.15) is 34.1 Å². The molecule has 0 amide bonds. The van der Waals surface area contributed by atoms with E-state index in [1.165, 1.54) is 13.2 Å². The minimum Gasteiger partial charge on any atom is -0.509 e. The van der Waals surface area contributed by atoms with Crippen molar-refractivity contribution < 1.29 is 37.0 Å². The molecular formula is C11H20AgO3. The van der Waals surface area contributed by atoms with Gasteiger partial charge in [0.25, 0.3) is 0 Å². The third kappa shape index (κ3) is 6.15. The van der Waals surface area contributed by atoms with Crippen molar-refractivity contribution in [1.29, 1.82) is 0 Å². The zero-order valence-electron chi connectivity index (χ0n) is 9.93. The molecule has 4 heteroatoms. The number of hydrogen-bond acceptors (Lipinski definition) is 3. The first kappa shape index (κ1) is 17.3. The first-order valence-corrected chi connectivity index (χ1v) is 4.80. The van der Waals surface area contributed by atoms with Gasteiger partial charge in [-0.05, 0) is 6.42 Å². The Bertz CT molecular complexity index is 224. The van der Waals surface area contributed by atoms with Crippen LogP contribution in [0.15, 0.2) is 11.8 Å². The molecule has 0 saturated heterocycles. The molecule has 1 atom stereocenters. The summed E-state index contributed by atoms with van der Waals surface area (Å²) in [6.07, 6.45) is 1.54. The number of carbonyl (C=O) groups excluding carboxylic acids is 1. The summed E-state index contributed by atoms with van der Waals surface area (Å²) in [4.78, 5) is 11.5. The van der Waals surface area contributed by atoms with Crippen LogP contribution in [-0.2, 0) is 31.9 Å². The van der Waals surface area contributed by atoms with E-state index in [4.69, 9.17) is 4.74 Å². The molecule has 0 aliphatic heterocycles. The summed E-state index contributed by atoms with van der Waals surface area (Å²) >= 11 is 0. The smallest absolute Gasteiger partial charge is 0.164 e. The third-order valence-corrected chi connectivity index (χ3v) is 2.00. The summed E-state index contributed by atoms with van der Waals surface area (Å²) in [5, 5.41) is 9.56. The van der Waals surface area contributed by atoms with Crippen molar-refractivity contribution >= 4 is 5.78 Å². The second-order valence-corrected chi connectivity index (χ2v) is 4.32. The molecule has 0 saturated carbocycles. The predicted octanol–water partition coefficient (Wildman–Crippen LogP) is 2.47. The monoisotopic (exact) mass is 307 g/mol. The van der Waals surface area contributed by atoms with Crippen LogP contribution in [0.3, 0.4) is 0 Å². The van der Waals surface area contributed by atoms with Crippen LogP contribution in [0.5, 0.6) is 0 Å². The molecule has 0 aromatic heterocycles. The van der Waals surface area contributed by atoms with Crippen molar-refractivity contribution in [1.82, 2.24) is 0 Å². The van der Waals surface area contributed by atoms with Gasteiger partial charge in [0, 0.05) is 41.0 Å². The molecule has 1 radical (unpaired) electrons. The molecule has 0 aliphatic carbocycles. The Morgan fingerprint density at radius 3 is 2.20 bits per heavy atom. The zero-order chi connectivity index (χ0) is 11.4. The van der Waals surface area contributed by atoms with Crippen molar-refractivity contribution in [3.63, 3.8) is 0 Å². The van der Waals surface area contributed by atoms with Crippen molar-refractivity contribution in [2.24, 2.45) is 5.41 Å². The van der Waals surface area contributed by atoms with Gasteiger partial charge in [-0.25, -0.2) is 0 Å². The van der Waals surface area contributed by atoms with Crippen molar-refractivity contribution in [2.75, 3.05) is 7.11 Å². The molecule has 0 aromatic carbocycles. The molecule has 0 bridgehead atoms. The Morgan fingerprint density at radius 2 is 1.93 bits per heavy atom. The molecule has 0 rings (SSSR count). The number of rotatable bonds is 4. The molecule has 0 aliphatic rings. The fraction of sp³-hybridized carbons (Fsp3) is 0.727. The first-order chi connectivity index (χ1) is 6.32. The minimum atomic E-state index is -0.458. The molecule has 3 nitrogen and oxygen atoms in total. The molecule has 0 heterocycles. The number of aliphatic hydroxyl groups excluding tert-OH is 1. The predicted molar refractivity (Wildman–Crippen MR) is 56.3 cm³/mol. The van der Waals surface area contributed by atoms with Gasteiger partial charge < -0.3 is 9.84 Å². The van der Waals surface area contributed by atoms with Crippen molar-refractivity contribution in [3.05, 3.63) is 11.8 Å². The molecule has 93 valence electrons. The minimum absolute atomic E-state index is 0. The number of hydrogen-bond donors (Lipinski definition) is 1. The Kier molecular flexibility index (Phi) is 8.34. The maximum absolute atomic E-state index is 11.5. The van der Waals surface area contributed by atoms with Crippen LogP contribution in [0.25, 0.3) is 0 Å². The Morgan fingerprint density at radius 1 is 1.47 bits per heavy atom. The van der Waals surface area contributed by atoms with Gasteiger partial charge in [-0.2, -0.15) is 0 Å². The van der Waals surface area contributed by atoms with Crippen LogP contribution >= 0.6 is 0 Å². The first-order valence-electron chi connectivity index (χ1n) is 4.80. The van der Waals surface area contributed by atoms with Crippen molar-refractivity contribution in [3.8, 4) is 0 Å².